The molecule has 7 nitrogen and oxygen atoms in total. The highest BCUT2D eigenvalue weighted by Gasteiger charge is 2.28. The monoisotopic (exact) mass is 299 g/mol. The van der Waals surface area contributed by atoms with Crippen molar-refractivity contribution in [3.05, 3.63) is 53.6 Å². The van der Waals surface area contributed by atoms with Crippen LogP contribution >= 0.6 is 0 Å². The molecular weight excluding hydrogens is 285 g/mol. The normalized spacial score (nSPS) is 13.6. The first-order valence-electron chi connectivity index (χ1n) is 6.94. The Morgan fingerprint density at radius 3 is 2.77 bits per heavy atom. The Balaban J connectivity index is 1.62. The van der Waals surface area contributed by atoms with E-state index in [9.17, 15) is 4.39 Å². The zero-order valence-electron chi connectivity index (χ0n) is 12.0. The van der Waals surface area contributed by atoms with Crippen LogP contribution in [-0.4, -0.2) is 29.5 Å². The predicted octanol–water partition coefficient (Wildman–Crippen LogP) is 1.11. The molecule has 0 fully saturated rings. The lowest BCUT2D eigenvalue weighted by molar-refractivity contribution is 0.608. The zero-order chi connectivity index (χ0) is 15.1. The van der Waals surface area contributed by atoms with Crippen molar-refractivity contribution >= 4 is 5.95 Å². The summed E-state index contributed by atoms with van der Waals surface area (Å²) < 4.78 is 16.7. The lowest BCUT2D eigenvalue weighted by Gasteiger charge is -2.15. The SMILES string of the molecule is Cn1nc(Cn2cccn2)c2c1CN(c1ncc(F)cn1)C2. The van der Waals surface area contributed by atoms with Crippen molar-refractivity contribution in [1.82, 2.24) is 29.5 Å². The Kier molecular flexibility index (Phi) is 2.88. The van der Waals surface area contributed by atoms with Crippen LogP contribution in [0.5, 0.6) is 0 Å². The maximum Gasteiger partial charge on any atom is 0.226 e. The van der Waals surface area contributed by atoms with Crippen molar-refractivity contribution in [3.63, 3.8) is 0 Å². The Bertz CT molecular complexity index is 791. The summed E-state index contributed by atoms with van der Waals surface area (Å²) in [4.78, 5) is 10.1. The first-order valence-corrected chi connectivity index (χ1v) is 6.94. The molecule has 0 aliphatic carbocycles. The lowest BCUT2D eigenvalue weighted by Crippen LogP contribution is -2.19. The summed E-state index contributed by atoms with van der Waals surface area (Å²) >= 11 is 0. The summed E-state index contributed by atoms with van der Waals surface area (Å²) in [5.74, 6) is 0.101. The molecule has 112 valence electrons. The Morgan fingerprint density at radius 1 is 1.23 bits per heavy atom. The molecule has 0 aromatic carbocycles. The summed E-state index contributed by atoms with van der Waals surface area (Å²) in [6.07, 6.45) is 6.04. The number of hydrogen-bond donors (Lipinski definition) is 0. The maximum absolute atomic E-state index is 12.9. The summed E-state index contributed by atoms with van der Waals surface area (Å²) in [6, 6.07) is 1.89. The van der Waals surface area contributed by atoms with Crippen LogP contribution in [0.3, 0.4) is 0 Å². The minimum atomic E-state index is -0.429. The number of halogens is 1. The molecule has 0 radical (unpaired) electrons. The molecular formula is C14H14FN7. The average Bonchev–Trinajstić information content (AvgIpc) is 3.20. The van der Waals surface area contributed by atoms with Crippen molar-refractivity contribution in [2.45, 2.75) is 19.6 Å². The van der Waals surface area contributed by atoms with E-state index < -0.39 is 5.82 Å². The highest BCUT2D eigenvalue weighted by atomic mass is 19.1. The highest BCUT2D eigenvalue weighted by Crippen LogP contribution is 2.28. The number of aromatic nitrogens is 6. The number of hydrogen-bond acceptors (Lipinski definition) is 5. The van der Waals surface area contributed by atoms with E-state index >= 15 is 0 Å². The fraction of sp³-hybridized carbons (Fsp3) is 0.286. The molecule has 0 unspecified atom stereocenters. The van der Waals surface area contributed by atoms with Gasteiger partial charge in [-0.05, 0) is 6.07 Å². The second-order valence-corrected chi connectivity index (χ2v) is 5.26. The van der Waals surface area contributed by atoms with E-state index in [1.807, 2.05) is 33.6 Å². The van der Waals surface area contributed by atoms with Gasteiger partial charge in [0.15, 0.2) is 5.82 Å². The van der Waals surface area contributed by atoms with Gasteiger partial charge in [0.25, 0.3) is 0 Å². The molecule has 4 heterocycles. The van der Waals surface area contributed by atoms with Crippen LogP contribution < -0.4 is 4.90 Å². The van der Waals surface area contributed by atoms with Crippen LogP contribution in [0.2, 0.25) is 0 Å². The van der Waals surface area contributed by atoms with Gasteiger partial charge in [-0.3, -0.25) is 9.36 Å². The van der Waals surface area contributed by atoms with E-state index in [2.05, 4.69) is 20.2 Å². The van der Waals surface area contributed by atoms with E-state index in [4.69, 9.17) is 0 Å². The van der Waals surface area contributed by atoms with Gasteiger partial charge in [-0.25, -0.2) is 14.4 Å². The lowest BCUT2D eigenvalue weighted by atomic mass is 10.2. The van der Waals surface area contributed by atoms with Gasteiger partial charge in [0, 0.05) is 25.0 Å². The van der Waals surface area contributed by atoms with Crippen molar-refractivity contribution in [1.29, 1.82) is 0 Å². The summed E-state index contributed by atoms with van der Waals surface area (Å²) in [5.41, 5.74) is 3.30. The first kappa shape index (κ1) is 12.9. The topological polar surface area (TPSA) is 64.7 Å². The van der Waals surface area contributed by atoms with E-state index in [1.54, 1.807) is 6.20 Å². The quantitative estimate of drug-likeness (QED) is 0.725. The largest absolute Gasteiger partial charge is 0.330 e. The van der Waals surface area contributed by atoms with E-state index in [0.717, 1.165) is 11.4 Å². The van der Waals surface area contributed by atoms with Gasteiger partial charge in [-0.15, -0.1) is 0 Å². The summed E-state index contributed by atoms with van der Waals surface area (Å²) in [5, 5.41) is 8.80. The second kappa shape index (κ2) is 4.90. The van der Waals surface area contributed by atoms with Gasteiger partial charge in [0.05, 0.1) is 43.4 Å². The van der Waals surface area contributed by atoms with Crippen LogP contribution in [0.4, 0.5) is 10.3 Å². The van der Waals surface area contributed by atoms with Crippen molar-refractivity contribution in [2.75, 3.05) is 4.90 Å². The molecule has 0 amide bonds. The molecule has 0 saturated carbocycles. The number of rotatable bonds is 3. The minimum absolute atomic E-state index is 0.429. The van der Waals surface area contributed by atoms with Crippen LogP contribution in [-0.2, 0) is 26.7 Å². The number of fused-ring (bicyclic) bond motifs is 1. The highest BCUT2D eigenvalue weighted by molar-refractivity contribution is 5.42. The van der Waals surface area contributed by atoms with Gasteiger partial charge in [0.1, 0.15) is 0 Å². The van der Waals surface area contributed by atoms with Gasteiger partial charge in [-0.1, -0.05) is 0 Å². The van der Waals surface area contributed by atoms with Gasteiger partial charge in [0.2, 0.25) is 5.95 Å². The minimum Gasteiger partial charge on any atom is -0.330 e. The molecule has 22 heavy (non-hydrogen) atoms. The van der Waals surface area contributed by atoms with Crippen molar-refractivity contribution < 1.29 is 4.39 Å². The third-order valence-electron chi connectivity index (χ3n) is 3.81. The van der Waals surface area contributed by atoms with Gasteiger partial charge < -0.3 is 4.90 Å². The Morgan fingerprint density at radius 2 is 2.05 bits per heavy atom. The molecule has 8 heteroatoms. The summed E-state index contributed by atoms with van der Waals surface area (Å²) in [7, 11) is 1.93. The molecule has 0 bridgehead atoms. The Hall–Kier alpha value is -2.77. The molecule has 3 aromatic rings. The predicted molar refractivity (Wildman–Crippen MR) is 76.4 cm³/mol. The molecule has 1 aliphatic heterocycles. The number of anilines is 1. The number of nitrogens with zero attached hydrogens (tertiary/aromatic N) is 7. The van der Waals surface area contributed by atoms with E-state index in [1.165, 1.54) is 18.0 Å². The molecule has 0 saturated heterocycles. The maximum atomic E-state index is 12.9. The summed E-state index contributed by atoms with van der Waals surface area (Å²) in [6.45, 7) is 1.98. The molecule has 4 rings (SSSR count). The van der Waals surface area contributed by atoms with Crippen LogP contribution in [0, 0.1) is 5.82 Å². The number of aryl methyl sites for hydroxylation is 1. The fourth-order valence-corrected chi connectivity index (χ4v) is 2.76. The standard InChI is InChI=1S/C14H14FN7/c1-20-13-9-21(14-16-5-10(15)6-17-14)7-11(13)12(19-20)8-22-4-2-3-18-22/h2-6H,7-9H2,1H3. The van der Waals surface area contributed by atoms with Crippen molar-refractivity contribution in [3.8, 4) is 0 Å². The van der Waals surface area contributed by atoms with Gasteiger partial charge >= 0.3 is 0 Å². The first-order chi connectivity index (χ1) is 10.7. The van der Waals surface area contributed by atoms with Crippen LogP contribution in [0.15, 0.2) is 30.9 Å². The molecule has 1 aliphatic rings. The smallest absolute Gasteiger partial charge is 0.226 e. The molecule has 0 spiro atoms. The third kappa shape index (κ3) is 2.12. The third-order valence-corrected chi connectivity index (χ3v) is 3.81. The molecule has 0 atom stereocenters. The molecule has 3 aromatic heterocycles. The average molecular weight is 299 g/mol. The molecule has 0 N–H and O–H groups in total. The van der Waals surface area contributed by atoms with Crippen LogP contribution in [0.1, 0.15) is 17.0 Å². The Labute approximate surface area is 126 Å². The van der Waals surface area contributed by atoms with E-state index in [0.29, 0.717) is 25.6 Å². The van der Waals surface area contributed by atoms with Crippen molar-refractivity contribution in [2.24, 2.45) is 7.05 Å². The fourth-order valence-electron chi connectivity index (χ4n) is 2.76. The van der Waals surface area contributed by atoms with E-state index in [-0.39, 0.29) is 0 Å². The van der Waals surface area contributed by atoms with Crippen LogP contribution in [0.25, 0.3) is 0 Å². The second-order valence-electron chi connectivity index (χ2n) is 5.26. The van der Waals surface area contributed by atoms with Gasteiger partial charge in [-0.2, -0.15) is 10.2 Å². The zero-order valence-corrected chi connectivity index (χ0v) is 12.0.